The molecule has 2 aliphatic rings. The van der Waals surface area contributed by atoms with Gasteiger partial charge in [-0.15, -0.1) is 0 Å². The van der Waals surface area contributed by atoms with E-state index in [4.69, 9.17) is 29.2 Å². The average molecular weight is 298 g/mol. The Balaban J connectivity index is 1.65. The van der Waals surface area contributed by atoms with Gasteiger partial charge in [-0.3, -0.25) is 14.5 Å². The lowest BCUT2D eigenvalue weighted by Gasteiger charge is -2.26. The van der Waals surface area contributed by atoms with Gasteiger partial charge in [-0.05, 0) is 12.1 Å². The van der Waals surface area contributed by atoms with E-state index in [1.54, 1.807) is 18.2 Å². The molecule has 9 heteroatoms. The zero-order valence-corrected chi connectivity index (χ0v) is 11.0. The first kappa shape index (κ1) is 13.9. The van der Waals surface area contributed by atoms with Gasteiger partial charge in [0, 0.05) is 6.42 Å². The molecule has 1 saturated heterocycles. The van der Waals surface area contributed by atoms with Crippen LogP contribution in [0.2, 0.25) is 0 Å². The lowest BCUT2D eigenvalue weighted by molar-refractivity contribution is -0.376. The Morgan fingerprint density at radius 1 is 1.48 bits per heavy atom. The van der Waals surface area contributed by atoms with E-state index >= 15 is 0 Å². The van der Waals surface area contributed by atoms with Gasteiger partial charge >= 0.3 is 5.97 Å². The molecule has 0 bridgehead atoms. The summed E-state index contributed by atoms with van der Waals surface area (Å²) in [4.78, 5) is 31.5. The summed E-state index contributed by atoms with van der Waals surface area (Å²) in [6, 6.07) is 5.12. The Morgan fingerprint density at radius 2 is 2.38 bits per heavy atom. The summed E-state index contributed by atoms with van der Waals surface area (Å²) in [5, 5.41) is 9.82. The first-order valence-electron chi connectivity index (χ1n) is 6.39. The molecule has 21 heavy (non-hydrogen) atoms. The Kier molecular flexibility index (Phi) is 4.06. The number of rotatable bonds is 5. The van der Waals surface area contributed by atoms with E-state index in [-0.39, 0.29) is 13.0 Å². The third kappa shape index (κ3) is 3.16. The van der Waals surface area contributed by atoms with E-state index < -0.39 is 12.2 Å². The summed E-state index contributed by atoms with van der Waals surface area (Å²) in [7, 11) is 0. The summed E-state index contributed by atoms with van der Waals surface area (Å²) in [6.45, 7) is 0.497. The molecule has 2 aliphatic heterocycles. The Labute approximate surface area is 119 Å². The smallest absolute Gasteiger partial charge is 0.306 e. The number of carboxylic acids is 1. The number of hydroxylamine groups is 2. The van der Waals surface area contributed by atoms with Crippen molar-refractivity contribution in [1.82, 2.24) is 10.9 Å². The van der Waals surface area contributed by atoms with E-state index in [0.29, 0.717) is 30.3 Å². The van der Waals surface area contributed by atoms with Crippen molar-refractivity contribution >= 4 is 5.97 Å². The van der Waals surface area contributed by atoms with Crippen molar-refractivity contribution < 1.29 is 34.0 Å². The fourth-order valence-electron chi connectivity index (χ4n) is 1.84. The standard InChI is InChI=1S/C12H14N2O7/c15-11(16)5-6-17-8-2-1-3-9-12(8)21-14(20-9)10-4-7-18-13-19-10/h1-3,10,13H,4-7H2,(H,15,16). The van der Waals surface area contributed by atoms with Gasteiger partial charge in [-0.1, -0.05) is 11.7 Å². The highest BCUT2D eigenvalue weighted by molar-refractivity contribution is 5.66. The summed E-state index contributed by atoms with van der Waals surface area (Å²) < 4.78 is 5.40. The number of hydrogen-bond donors (Lipinski definition) is 2. The van der Waals surface area contributed by atoms with Crippen LogP contribution in [0.25, 0.3) is 0 Å². The van der Waals surface area contributed by atoms with Gasteiger partial charge in [0.25, 0.3) is 0 Å². The van der Waals surface area contributed by atoms with E-state index in [1.807, 2.05) is 0 Å². The van der Waals surface area contributed by atoms with Gasteiger partial charge in [0.2, 0.25) is 12.0 Å². The van der Waals surface area contributed by atoms with E-state index in [2.05, 4.69) is 5.64 Å². The third-order valence-corrected chi connectivity index (χ3v) is 2.83. The summed E-state index contributed by atoms with van der Waals surface area (Å²) in [6.07, 6.45) is -0.0183. The Bertz CT molecular complexity index is 518. The Hall–Kier alpha value is -2.07. The summed E-state index contributed by atoms with van der Waals surface area (Å²) in [5.41, 5.74) is 2.30. The largest absolute Gasteiger partial charge is 0.489 e. The number of ether oxygens (including phenoxy) is 1. The molecular formula is C12H14N2O7. The monoisotopic (exact) mass is 298 g/mol. The van der Waals surface area contributed by atoms with Gasteiger partial charge in [0.1, 0.15) is 0 Å². The van der Waals surface area contributed by atoms with Crippen molar-refractivity contribution in [2.24, 2.45) is 0 Å². The third-order valence-electron chi connectivity index (χ3n) is 2.83. The number of aliphatic carboxylic acids is 1. The highest BCUT2D eigenvalue weighted by atomic mass is 17.0. The van der Waals surface area contributed by atoms with Gasteiger partial charge < -0.3 is 19.5 Å². The number of benzene rings is 1. The summed E-state index contributed by atoms with van der Waals surface area (Å²) >= 11 is 0. The van der Waals surface area contributed by atoms with Crippen molar-refractivity contribution in [3.63, 3.8) is 0 Å². The van der Waals surface area contributed by atoms with E-state index in [0.717, 1.165) is 0 Å². The normalized spacial score (nSPS) is 21.2. The molecule has 1 aromatic rings. The molecule has 0 saturated carbocycles. The number of carboxylic acid groups (broad SMARTS) is 1. The molecule has 0 aliphatic carbocycles. The summed E-state index contributed by atoms with van der Waals surface area (Å²) in [5.74, 6) is 0.343. The maximum atomic E-state index is 10.5. The van der Waals surface area contributed by atoms with Gasteiger partial charge in [-0.2, -0.15) is 0 Å². The molecule has 2 heterocycles. The number of carbonyl (C=O) groups is 1. The van der Waals surface area contributed by atoms with Crippen molar-refractivity contribution in [1.29, 1.82) is 0 Å². The molecule has 0 radical (unpaired) electrons. The highest BCUT2D eigenvalue weighted by Crippen LogP contribution is 2.43. The number of para-hydroxylation sites is 1. The fraction of sp³-hybridized carbons (Fsp3) is 0.417. The molecule has 0 aromatic heterocycles. The lowest BCUT2D eigenvalue weighted by Crippen LogP contribution is -2.46. The molecule has 9 nitrogen and oxygen atoms in total. The second kappa shape index (κ2) is 6.14. The van der Waals surface area contributed by atoms with Crippen LogP contribution >= 0.6 is 0 Å². The van der Waals surface area contributed by atoms with Crippen molar-refractivity contribution in [2.45, 2.75) is 19.1 Å². The van der Waals surface area contributed by atoms with Crippen molar-refractivity contribution in [3.05, 3.63) is 18.2 Å². The minimum atomic E-state index is -0.928. The van der Waals surface area contributed by atoms with Crippen LogP contribution in [-0.4, -0.2) is 35.7 Å². The van der Waals surface area contributed by atoms with Crippen LogP contribution in [0.15, 0.2) is 18.2 Å². The number of nitrogens with one attached hydrogen (secondary N) is 1. The highest BCUT2D eigenvalue weighted by Gasteiger charge is 2.35. The quantitative estimate of drug-likeness (QED) is 0.810. The second-order valence-electron chi connectivity index (χ2n) is 4.34. The van der Waals surface area contributed by atoms with Crippen molar-refractivity contribution in [3.8, 4) is 17.2 Å². The molecule has 3 rings (SSSR count). The molecule has 1 fully saturated rings. The SMILES string of the molecule is O=C(O)CCOc1cccc2c1ON(C1CCONO1)O2. The number of hydrogen-bond acceptors (Lipinski definition) is 8. The van der Waals surface area contributed by atoms with Crippen LogP contribution in [0.3, 0.4) is 0 Å². The van der Waals surface area contributed by atoms with E-state index in [9.17, 15) is 4.79 Å². The predicted molar refractivity (Wildman–Crippen MR) is 65.9 cm³/mol. The maximum Gasteiger partial charge on any atom is 0.306 e. The first-order valence-corrected chi connectivity index (χ1v) is 6.39. The molecular weight excluding hydrogens is 284 g/mol. The molecule has 1 aromatic carbocycles. The van der Waals surface area contributed by atoms with Gasteiger partial charge in [-0.25, -0.2) is 0 Å². The molecule has 114 valence electrons. The first-order chi connectivity index (χ1) is 10.2. The molecule has 0 spiro atoms. The van der Waals surface area contributed by atoms with Crippen LogP contribution in [0.4, 0.5) is 0 Å². The van der Waals surface area contributed by atoms with Crippen LogP contribution in [0, 0.1) is 0 Å². The number of nitrogens with zero attached hydrogens (tertiary/aromatic N) is 1. The van der Waals surface area contributed by atoms with Gasteiger partial charge in [0.05, 0.1) is 24.9 Å². The average Bonchev–Trinajstić information content (AvgIpc) is 2.93. The molecule has 2 N–H and O–H groups in total. The topological polar surface area (TPSA) is 98.7 Å². The molecule has 1 unspecified atom stereocenters. The minimum Gasteiger partial charge on any atom is -0.489 e. The van der Waals surface area contributed by atoms with Crippen LogP contribution in [-0.2, 0) is 14.5 Å². The Morgan fingerprint density at radius 3 is 3.14 bits per heavy atom. The predicted octanol–water partition coefficient (Wildman–Crippen LogP) is 0.626. The zero-order chi connectivity index (χ0) is 14.7. The zero-order valence-electron chi connectivity index (χ0n) is 11.0. The minimum absolute atomic E-state index is 0.0461. The fourth-order valence-corrected chi connectivity index (χ4v) is 1.84. The molecule has 1 atom stereocenters. The maximum absolute atomic E-state index is 10.5. The lowest BCUT2D eigenvalue weighted by atomic mass is 10.3. The molecule has 0 amide bonds. The van der Waals surface area contributed by atoms with Crippen LogP contribution in [0.5, 0.6) is 17.2 Å². The van der Waals surface area contributed by atoms with Crippen molar-refractivity contribution in [2.75, 3.05) is 13.2 Å². The van der Waals surface area contributed by atoms with Crippen LogP contribution in [0.1, 0.15) is 12.8 Å². The second-order valence-corrected chi connectivity index (χ2v) is 4.34. The van der Waals surface area contributed by atoms with Gasteiger partial charge in [0.15, 0.2) is 11.5 Å². The van der Waals surface area contributed by atoms with Crippen LogP contribution < -0.4 is 20.1 Å². The van der Waals surface area contributed by atoms with E-state index in [1.165, 1.54) is 5.23 Å². The number of fused-ring (bicyclic) bond motifs is 1.